The van der Waals surface area contributed by atoms with Crippen molar-refractivity contribution in [1.29, 1.82) is 0 Å². The number of ether oxygens (including phenoxy) is 1. The van der Waals surface area contributed by atoms with Crippen molar-refractivity contribution in [3.05, 3.63) is 0 Å². The van der Waals surface area contributed by atoms with Crippen molar-refractivity contribution < 1.29 is 19.4 Å². The van der Waals surface area contributed by atoms with E-state index in [-0.39, 0.29) is 18.6 Å². The van der Waals surface area contributed by atoms with Crippen LogP contribution in [0.5, 0.6) is 0 Å². The number of ketones is 1. The lowest BCUT2D eigenvalue weighted by Crippen LogP contribution is -2.04. The zero-order valence-electron chi connectivity index (χ0n) is 7.21. The number of methoxy groups -OCH3 is 1. The highest BCUT2D eigenvalue weighted by molar-refractivity contribution is 5.82. The van der Waals surface area contributed by atoms with Crippen molar-refractivity contribution in [2.45, 2.75) is 25.7 Å². The smallest absolute Gasteiger partial charge is 0.303 e. The van der Waals surface area contributed by atoms with Gasteiger partial charge in [-0.15, -0.1) is 0 Å². The van der Waals surface area contributed by atoms with Crippen LogP contribution in [0.2, 0.25) is 0 Å². The molecule has 0 atom stereocenters. The molecule has 70 valence electrons. The van der Waals surface area contributed by atoms with Gasteiger partial charge in [-0.2, -0.15) is 0 Å². The Morgan fingerprint density at radius 3 is 2.42 bits per heavy atom. The number of aliphatic carboxylic acids is 1. The zero-order valence-corrected chi connectivity index (χ0v) is 7.21. The number of rotatable bonds is 7. The third kappa shape index (κ3) is 7.21. The molecule has 0 radical (unpaired) electrons. The average molecular weight is 174 g/mol. The summed E-state index contributed by atoms with van der Waals surface area (Å²) in [5, 5.41) is 8.26. The minimum absolute atomic E-state index is 0.00514. The highest BCUT2D eigenvalue weighted by Gasteiger charge is 2.04. The predicted molar refractivity (Wildman–Crippen MR) is 43.0 cm³/mol. The molecule has 0 aliphatic carbocycles. The van der Waals surface area contributed by atoms with E-state index in [1.165, 1.54) is 0 Å². The van der Waals surface area contributed by atoms with E-state index < -0.39 is 5.97 Å². The molecule has 0 bridgehead atoms. The highest BCUT2D eigenvalue weighted by atomic mass is 16.5. The van der Waals surface area contributed by atoms with E-state index in [4.69, 9.17) is 9.84 Å². The van der Waals surface area contributed by atoms with Crippen LogP contribution >= 0.6 is 0 Å². The van der Waals surface area contributed by atoms with Gasteiger partial charge < -0.3 is 9.84 Å². The van der Waals surface area contributed by atoms with E-state index in [0.717, 1.165) is 0 Å². The molecule has 0 aromatic heterocycles. The summed E-state index contributed by atoms with van der Waals surface area (Å²) in [5.74, 6) is -0.926. The standard InChI is InChI=1S/C8H14O4/c1-12-6-2-3-7(9)4-5-8(10)11/h2-6H2,1H3,(H,10,11). The van der Waals surface area contributed by atoms with Crippen molar-refractivity contribution in [3.63, 3.8) is 0 Å². The molecule has 0 aromatic rings. The Bertz CT molecular complexity index is 153. The van der Waals surface area contributed by atoms with Crippen molar-refractivity contribution in [1.82, 2.24) is 0 Å². The second-order valence-corrected chi connectivity index (χ2v) is 2.53. The molecule has 0 aliphatic heterocycles. The third-order valence-electron chi connectivity index (χ3n) is 1.42. The summed E-state index contributed by atoms with van der Waals surface area (Å²) >= 11 is 0. The predicted octanol–water partition coefficient (Wildman–Crippen LogP) is 0.847. The number of carboxylic acid groups (broad SMARTS) is 1. The van der Waals surface area contributed by atoms with Gasteiger partial charge in [-0.05, 0) is 6.42 Å². The fourth-order valence-electron chi connectivity index (χ4n) is 0.785. The van der Waals surface area contributed by atoms with Crippen LogP contribution in [0.15, 0.2) is 0 Å². The summed E-state index contributed by atoms with van der Waals surface area (Å²) < 4.78 is 4.75. The van der Waals surface area contributed by atoms with Crippen LogP contribution in [0.4, 0.5) is 0 Å². The summed E-state index contributed by atoms with van der Waals surface area (Å²) in [6, 6.07) is 0. The van der Waals surface area contributed by atoms with Crippen molar-refractivity contribution in [2.24, 2.45) is 0 Å². The molecule has 0 saturated heterocycles. The number of carbonyl (C=O) groups excluding carboxylic acids is 1. The van der Waals surface area contributed by atoms with Gasteiger partial charge in [-0.25, -0.2) is 0 Å². The van der Waals surface area contributed by atoms with Crippen LogP contribution in [-0.4, -0.2) is 30.6 Å². The molecule has 12 heavy (non-hydrogen) atoms. The van der Waals surface area contributed by atoms with Gasteiger partial charge in [-0.1, -0.05) is 0 Å². The molecular formula is C8H14O4. The summed E-state index contributed by atoms with van der Waals surface area (Å²) in [4.78, 5) is 21.0. The van der Waals surface area contributed by atoms with Gasteiger partial charge in [0, 0.05) is 26.6 Å². The van der Waals surface area contributed by atoms with Crippen LogP contribution in [0.1, 0.15) is 25.7 Å². The van der Waals surface area contributed by atoms with Crippen LogP contribution in [-0.2, 0) is 14.3 Å². The summed E-state index contributed by atoms with van der Waals surface area (Å²) in [5.41, 5.74) is 0. The van der Waals surface area contributed by atoms with Crippen molar-refractivity contribution in [3.8, 4) is 0 Å². The van der Waals surface area contributed by atoms with E-state index in [9.17, 15) is 9.59 Å². The topological polar surface area (TPSA) is 63.6 Å². The molecule has 4 heteroatoms. The lowest BCUT2D eigenvalue weighted by atomic mass is 10.1. The maximum atomic E-state index is 10.9. The Morgan fingerprint density at radius 2 is 1.92 bits per heavy atom. The second-order valence-electron chi connectivity index (χ2n) is 2.53. The minimum atomic E-state index is -0.921. The van der Waals surface area contributed by atoms with Gasteiger partial charge in [0.1, 0.15) is 5.78 Å². The maximum absolute atomic E-state index is 10.9. The van der Waals surface area contributed by atoms with Gasteiger partial charge in [0.15, 0.2) is 0 Å². The minimum Gasteiger partial charge on any atom is -0.481 e. The molecule has 0 rings (SSSR count). The van der Waals surface area contributed by atoms with Crippen LogP contribution in [0.3, 0.4) is 0 Å². The van der Waals surface area contributed by atoms with Crippen LogP contribution in [0.25, 0.3) is 0 Å². The lowest BCUT2D eigenvalue weighted by molar-refractivity contribution is -0.138. The summed E-state index contributed by atoms with van der Waals surface area (Å²) in [6.07, 6.45) is 1.17. The lowest BCUT2D eigenvalue weighted by Gasteiger charge is -1.97. The Labute approximate surface area is 71.5 Å². The molecule has 0 spiro atoms. The number of carbonyl (C=O) groups is 2. The zero-order chi connectivity index (χ0) is 9.40. The Kier molecular flexibility index (Phi) is 6.28. The van der Waals surface area contributed by atoms with E-state index in [1.54, 1.807) is 7.11 Å². The molecular weight excluding hydrogens is 160 g/mol. The molecule has 0 heterocycles. The molecule has 0 fully saturated rings. The first kappa shape index (κ1) is 11.1. The first-order valence-electron chi connectivity index (χ1n) is 3.89. The third-order valence-corrected chi connectivity index (χ3v) is 1.42. The van der Waals surface area contributed by atoms with Gasteiger partial charge in [0.05, 0.1) is 6.42 Å². The van der Waals surface area contributed by atoms with E-state index >= 15 is 0 Å². The SMILES string of the molecule is COCCCC(=O)CCC(=O)O. The van der Waals surface area contributed by atoms with Crippen molar-refractivity contribution >= 4 is 11.8 Å². The normalized spacial score (nSPS) is 9.75. The molecule has 0 amide bonds. The monoisotopic (exact) mass is 174 g/mol. The molecule has 4 nitrogen and oxygen atoms in total. The van der Waals surface area contributed by atoms with E-state index in [1.807, 2.05) is 0 Å². The van der Waals surface area contributed by atoms with E-state index in [0.29, 0.717) is 19.4 Å². The largest absolute Gasteiger partial charge is 0.481 e. The first-order chi connectivity index (χ1) is 5.66. The van der Waals surface area contributed by atoms with Gasteiger partial charge in [-0.3, -0.25) is 9.59 Å². The molecule has 0 aliphatic rings. The van der Waals surface area contributed by atoms with Gasteiger partial charge in [0.2, 0.25) is 0 Å². The molecule has 1 N–H and O–H groups in total. The summed E-state index contributed by atoms with van der Waals surface area (Å²) in [7, 11) is 1.57. The summed E-state index contributed by atoms with van der Waals surface area (Å²) in [6.45, 7) is 0.554. The fraction of sp³-hybridized carbons (Fsp3) is 0.750. The highest BCUT2D eigenvalue weighted by Crippen LogP contribution is 1.98. The molecule has 0 aromatic carbocycles. The Morgan fingerprint density at radius 1 is 1.25 bits per heavy atom. The van der Waals surface area contributed by atoms with Crippen molar-refractivity contribution in [2.75, 3.05) is 13.7 Å². The quantitative estimate of drug-likeness (QED) is 0.581. The number of carboxylic acids is 1. The molecule has 0 saturated carbocycles. The Hall–Kier alpha value is -0.900. The number of Topliss-reactive ketones (excluding diaryl/α,β-unsaturated/α-hetero) is 1. The van der Waals surface area contributed by atoms with Gasteiger partial charge in [0.25, 0.3) is 0 Å². The number of hydrogen-bond donors (Lipinski definition) is 1. The molecule has 0 unspecified atom stereocenters. The van der Waals surface area contributed by atoms with Crippen LogP contribution < -0.4 is 0 Å². The number of hydrogen-bond acceptors (Lipinski definition) is 3. The second kappa shape index (κ2) is 6.79. The maximum Gasteiger partial charge on any atom is 0.303 e. The van der Waals surface area contributed by atoms with Gasteiger partial charge >= 0.3 is 5.97 Å². The first-order valence-corrected chi connectivity index (χ1v) is 3.89. The van der Waals surface area contributed by atoms with E-state index in [2.05, 4.69) is 0 Å². The van der Waals surface area contributed by atoms with Crippen LogP contribution in [0, 0.1) is 0 Å². The average Bonchev–Trinajstić information content (AvgIpc) is 2.01. The Balaban J connectivity index is 3.28. The fourth-order valence-corrected chi connectivity index (χ4v) is 0.785.